The molecule has 1 fully saturated rings. The van der Waals surface area contributed by atoms with Gasteiger partial charge in [0.05, 0.1) is 13.2 Å². The van der Waals surface area contributed by atoms with Gasteiger partial charge in [0.25, 0.3) is 0 Å². The van der Waals surface area contributed by atoms with Crippen LogP contribution in [0.15, 0.2) is 0 Å². The summed E-state index contributed by atoms with van der Waals surface area (Å²) in [7, 11) is 1.55. The summed E-state index contributed by atoms with van der Waals surface area (Å²) in [5, 5.41) is 5.30. The summed E-state index contributed by atoms with van der Waals surface area (Å²) in [6.45, 7) is 3.79. The lowest BCUT2D eigenvalue weighted by molar-refractivity contribution is -0.130. The third kappa shape index (κ3) is 3.10. The topological polar surface area (TPSA) is 70.7 Å². The number of ether oxygens (including phenoxy) is 1. The van der Waals surface area contributed by atoms with Crippen molar-refractivity contribution in [3.63, 3.8) is 0 Å². The highest BCUT2D eigenvalue weighted by Gasteiger charge is 2.31. The van der Waals surface area contributed by atoms with Gasteiger partial charge in [0.1, 0.15) is 6.04 Å². The molecule has 0 saturated carbocycles. The zero-order chi connectivity index (χ0) is 12.0. The van der Waals surface area contributed by atoms with E-state index in [2.05, 4.69) is 10.6 Å². The molecule has 1 rings (SSSR count). The second kappa shape index (κ2) is 6.32. The maximum absolute atomic E-state index is 11.8. The van der Waals surface area contributed by atoms with E-state index in [4.69, 9.17) is 4.74 Å². The van der Waals surface area contributed by atoms with E-state index in [1.165, 1.54) is 4.90 Å². The summed E-state index contributed by atoms with van der Waals surface area (Å²) < 4.78 is 5.23. The van der Waals surface area contributed by atoms with Gasteiger partial charge in [-0.3, -0.25) is 4.79 Å². The molecule has 0 aromatic heterocycles. The Morgan fingerprint density at radius 3 is 2.88 bits per heavy atom. The standard InChI is InChI=1S/C10H19N3O3/c1-3-4-12-9(14)8-7-16-6-5-13(8)10(15)11-2/h8H,3-7H2,1-2H3,(H,11,15)(H,12,14). The van der Waals surface area contributed by atoms with E-state index in [-0.39, 0.29) is 18.5 Å². The third-order valence-corrected chi connectivity index (χ3v) is 2.46. The second-order valence-electron chi connectivity index (χ2n) is 3.63. The monoisotopic (exact) mass is 229 g/mol. The van der Waals surface area contributed by atoms with Crippen LogP contribution in [-0.4, -0.2) is 56.2 Å². The van der Waals surface area contributed by atoms with Crippen LogP contribution in [0.4, 0.5) is 4.79 Å². The minimum Gasteiger partial charge on any atom is -0.377 e. The predicted molar refractivity (Wildman–Crippen MR) is 59.1 cm³/mol. The van der Waals surface area contributed by atoms with Gasteiger partial charge in [0, 0.05) is 20.1 Å². The Morgan fingerprint density at radius 1 is 1.50 bits per heavy atom. The molecule has 2 N–H and O–H groups in total. The molecule has 1 saturated heterocycles. The quantitative estimate of drug-likeness (QED) is 0.689. The minimum absolute atomic E-state index is 0.148. The van der Waals surface area contributed by atoms with Gasteiger partial charge in [0.2, 0.25) is 5.91 Å². The Labute approximate surface area is 95.3 Å². The van der Waals surface area contributed by atoms with Crippen molar-refractivity contribution in [2.45, 2.75) is 19.4 Å². The Morgan fingerprint density at radius 2 is 2.25 bits per heavy atom. The van der Waals surface area contributed by atoms with Crippen LogP contribution in [0.1, 0.15) is 13.3 Å². The molecule has 6 heteroatoms. The van der Waals surface area contributed by atoms with E-state index >= 15 is 0 Å². The number of hydrogen-bond donors (Lipinski definition) is 2. The number of amides is 3. The second-order valence-corrected chi connectivity index (χ2v) is 3.63. The first-order valence-electron chi connectivity index (χ1n) is 5.54. The van der Waals surface area contributed by atoms with Gasteiger partial charge < -0.3 is 20.3 Å². The summed E-state index contributed by atoms with van der Waals surface area (Å²) in [5.41, 5.74) is 0. The fourth-order valence-electron chi connectivity index (χ4n) is 1.57. The SMILES string of the molecule is CCCNC(=O)C1COCCN1C(=O)NC. The lowest BCUT2D eigenvalue weighted by atomic mass is 10.2. The largest absolute Gasteiger partial charge is 0.377 e. The van der Waals surface area contributed by atoms with E-state index in [1.807, 2.05) is 6.92 Å². The zero-order valence-electron chi connectivity index (χ0n) is 9.78. The summed E-state index contributed by atoms with van der Waals surface area (Å²) in [6, 6.07) is -0.750. The first kappa shape index (κ1) is 12.8. The number of nitrogens with one attached hydrogen (secondary N) is 2. The van der Waals surface area contributed by atoms with E-state index < -0.39 is 6.04 Å². The van der Waals surface area contributed by atoms with Crippen LogP contribution in [-0.2, 0) is 9.53 Å². The molecule has 0 aliphatic carbocycles. The molecule has 0 aromatic rings. The molecule has 0 spiro atoms. The molecule has 0 bridgehead atoms. The summed E-state index contributed by atoms with van der Waals surface area (Å²) >= 11 is 0. The van der Waals surface area contributed by atoms with Crippen molar-refractivity contribution in [1.82, 2.24) is 15.5 Å². The van der Waals surface area contributed by atoms with Gasteiger partial charge in [-0.1, -0.05) is 6.92 Å². The van der Waals surface area contributed by atoms with Crippen molar-refractivity contribution in [3.05, 3.63) is 0 Å². The number of hydrogen-bond acceptors (Lipinski definition) is 3. The van der Waals surface area contributed by atoms with Crippen LogP contribution in [0.3, 0.4) is 0 Å². The van der Waals surface area contributed by atoms with Crippen LogP contribution in [0.5, 0.6) is 0 Å². The van der Waals surface area contributed by atoms with E-state index in [0.29, 0.717) is 19.7 Å². The molecule has 1 aliphatic rings. The van der Waals surface area contributed by atoms with E-state index in [0.717, 1.165) is 6.42 Å². The number of urea groups is 1. The molecule has 0 aromatic carbocycles. The fourth-order valence-corrected chi connectivity index (χ4v) is 1.57. The Bertz CT molecular complexity index is 258. The van der Waals surface area contributed by atoms with Gasteiger partial charge >= 0.3 is 6.03 Å². The molecule has 1 aliphatic heterocycles. The molecule has 0 radical (unpaired) electrons. The average molecular weight is 229 g/mol. The van der Waals surface area contributed by atoms with Gasteiger partial charge in [-0.05, 0) is 6.42 Å². The number of carbonyl (C=O) groups excluding carboxylic acids is 2. The highest BCUT2D eigenvalue weighted by Crippen LogP contribution is 2.07. The third-order valence-electron chi connectivity index (χ3n) is 2.46. The van der Waals surface area contributed by atoms with Gasteiger partial charge in [-0.2, -0.15) is 0 Å². The number of carbonyl (C=O) groups is 2. The van der Waals surface area contributed by atoms with E-state index in [1.54, 1.807) is 7.05 Å². The Balaban J connectivity index is 2.59. The summed E-state index contributed by atoms with van der Waals surface area (Å²) in [6.07, 6.45) is 0.874. The van der Waals surface area contributed by atoms with Crippen LogP contribution in [0.25, 0.3) is 0 Å². The molecule has 1 unspecified atom stereocenters. The highest BCUT2D eigenvalue weighted by atomic mass is 16.5. The predicted octanol–water partition coefficient (Wildman–Crippen LogP) is -0.447. The summed E-state index contributed by atoms with van der Waals surface area (Å²) in [4.78, 5) is 24.8. The molecule has 1 heterocycles. The van der Waals surface area contributed by atoms with Crippen molar-refractivity contribution >= 4 is 11.9 Å². The van der Waals surface area contributed by atoms with E-state index in [9.17, 15) is 9.59 Å². The maximum Gasteiger partial charge on any atom is 0.317 e. The molecular weight excluding hydrogens is 210 g/mol. The molecule has 6 nitrogen and oxygen atoms in total. The Kier molecular flexibility index (Phi) is 5.04. The normalized spacial score (nSPS) is 20.4. The van der Waals surface area contributed by atoms with Crippen molar-refractivity contribution in [2.75, 3.05) is 33.4 Å². The first-order chi connectivity index (χ1) is 7.70. The number of morpholine rings is 1. The van der Waals surface area contributed by atoms with Gasteiger partial charge in [0.15, 0.2) is 0 Å². The van der Waals surface area contributed by atoms with Crippen LogP contribution < -0.4 is 10.6 Å². The van der Waals surface area contributed by atoms with Gasteiger partial charge in [-0.25, -0.2) is 4.79 Å². The minimum atomic E-state index is -0.514. The van der Waals surface area contributed by atoms with Crippen molar-refractivity contribution < 1.29 is 14.3 Å². The molecular formula is C10H19N3O3. The lowest BCUT2D eigenvalue weighted by Gasteiger charge is -2.34. The molecule has 16 heavy (non-hydrogen) atoms. The summed E-state index contributed by atoms with van der Waals surface area (Å²) in [5.74, 6) is -0.148. The highest BCUT2D eigenvalue weighted by molar-refractivity contribution is 5.87. The smallest absolute Gasteiger partial charge is 0.317 e. The number of rotatable bonds is 3. The van der Waals surface area contributed by atoms with Crippen molar-refractivity contribution in [3.8, 4) is 0 Å². The molecule has 3 amide bonds. The number of nitrogens with zero attached hydrogens (tertiary/aromatic N) is 1. The molecule has 1 atom stereocenters. The maximum atomic E-state index is 11.8. The fraction of sp³-hybridized carbons (Fsp3) is 0.800. The zero-order valence-corrected chi connectivity index (χ0v) is 9.78. The lowest BCUT2D eigenvalue weighted by Crippen LogP contribution is -2.57. The van der Waals surface area contributed by atoms with Crippen LogP contribution >= 0.6 is 0 Å². The van der Waals surface area contributed by atoms with Crippen molar-refractivity contribution in [2.24, 2.45) is 0 Å². The van der Waals surface area contributed by atoms with Gasteiger partial charge in [-0.15, -0.1) is 0 Å². The average Bonchev–Trinajstić information content (AvgIpc) is 2.35. The Hall–Kier alpha value is -1.30. The first-order valence-corrected chi connectivity index (χ1v) is 5.54. The molecule has 92 valence electrons. The van der Waals surface area contributed by atoms with Crippen LogP contribution in [0, 0.1) is 0 Å². The van der Waals surface area contributed by atoms with Crippen LogP contribution in [0.2, 0.25) is 0 Å². The van der Waals surface area contributed by atoms with Crippen molar-refractivity contribution in [1.29, 1.82) is 0 Å².